The van der Waals surface area contributed by atoms with Crippen LogP contribution < -0.4 is 5.32 Å². The number of carbonyl (C=O) groups excluding carboxylic acids is 1. The normalized spacial score (nSPS) is 10.1. The molecule has 0 aromatic rings. The van der Waals surface area contributed by atoms with E-state index in [9.17, 15) is 14.4 Å². The Balaban J connectivity index is -0.00000312. The number of carbonyl (C=O) groups is 3. The molecular formula is C18H34N2Na2O6. The third-order valence-corrected chi connectivity index (χ3v) is 3.91. The molecule has 0 fully saturated rings. The molecule has 154 valence electrons. The van der Waals surface area contributed by atoms with Crippen LogP contribution in [-0.2, 0) is 19.1 Å². The monoisotopic (exact) mass is 420 g/mol. The van der Waals surface area contributed by atoms with E-state index in [2.05, 4.69) is 12.2 Å². The second kappa shape index (κ2) is 23.6. The Morgan fingerprint density at radius 2 is 1.46 bits per heavy atom. The standard InChI is InChI=1S/C18H34N2O6.2Na/c1-2-3-4-5-6-7-16(21)19-10-12-20(11-8-17(22)23)13-15-26-14-9-18(24)25;;/h2-15H2,1H3,(H,19,21)(H,22,23)(H,24,25);;. The van der Waals surface area contributed by atoms with E-state index in [-0.39, 0.29) is 84.5 Å². The van der Waals surface area contributed by atoms with Crippen molar-refractivity contribution in [2.45, 2.75) is 58.3 Å². The summed E-state index contributed by atoms with van der Waals surface area (Å²) in [7, 11) is 0. The topological polar surface area (TPSA) is 116 Å². The van der Waals surface area contributed by atoms with Gasteiger partial charge in [-0.3, -0.25) is 19.3 Å². The zero-order chi connectivity index (χ0) is 19.6. The summed E-state index contributed by atoms with van der Waals surface area (Å²) in [5.74, 6) is -1.76. The number of hydrogen-bond donors (Lipinski definition) is 3. The van der Waals surface area contributed by atoms with E-state index in [0.29, 0.717) is 39.2 Å². The Kier molecular flexibility index (Phi) is 27.8. The first-order valence-electron chi connectivity index (χ1n) is 9.46. The summed E-state index contributed by atoms with van der Waals surface area (Å²) in [6, 6.07) is 0. The summed E-state index contributed by atoms with van der Waals surface area (Å²) in [6.45, 7) is 4.49. The third-order valence-electron chi connectivity index (χ3n) is 3.91. The van der Waals surface area contributed by atoms with Crippen molar-refractivity contribution in [3.05, 3.63) is 0 Å². The summed E-state index contributed by atoms with van der Waals surface area (Å²) < 4.78 is 5.24. The van der Waals surface area contributed by atoms with Crippen LogP contribution in [0.25, 0.3) is 0 Å². The quantitative estimate of drug-likeness (QED) is 0.223. The van der Waals surface area contributed by atoms with Gasteiger partial charge in [-0.05, 0) is 6.42 Å². The van der Waals surface area contributed by atoms with Gasteiger partial charge in [-0.15, -0.1) is 0 Å². The van der Waals surface area contributed by atoms with Crippen molar-refractivity contribution in [3.63, 3.8) is 0 Å². The van der Waals surface area contributed by atoms with Crippen molar-refractivity contribution < 1.29 is 29.3 Å². The Hall–Kier alpha value is 0.330. The van der Waals surface area contributed by atoms with Crippen LogP contribution in [0.15, 0.2) is 0 Å². The van der Waals surface area contributed by atoms with Gasteiger partial charge in [0.15, 0.2) is 0 Å². The van der Waals surface area contributed by atoms with Gasteiger partial charge in [0.05, 0.1) is 26.1 Å². The van der Waals surface area contributed by atoms with Crippen molar-refractivity contribution in [2.24, 2.45) is 0 Å². The van der Waals surface area contributed by atoms with Crippen LogP contribution in [0.5, 0.6) is 0 Å². The van der Waals surface area contributed by atoms with Gasteiger partial charge in [0, 0.05) is 91.7 Å². The minimum atomic E-state index is -0.912. The molecule has 0 saturated heterocycles. The third kappa shape index (κ3) is 24.4. The number of amides is 1. The molecule has 0 aromatic heterocycles. The molecule has 8 nitrogen and oxygen atoms in total. The number of carboxylic acid groups (broad SMARTS) is 2. The summed E-state index contributed by atoms with van der Waals surface area (Å²) >= 11 is 0. The summed E-state index contributed by atoms with van der Waals surface area (Å²) in [6.07, 6.45) is 5.99. The number of rotatable bonds is 18. The first kappa shape index (κ1) is 33.0. The van der Waals surface area contributed by atoms with Crippen molar-refractivity contribution in [1.82, 2.24) is 10.2 Å². The van der Waals surface area contributed by atoms with Gasteiger partial charge in [-0.25, -0.2) is 0 Å². The maximum absolute atomic E-state index is 11.8. The van der Waals surface area contributed by atoms with Gasteiger partial charge in [-0.1, -0.05) is 32.6 Å². The van der Waals surface area contributed by atoms with E-state index in [1.165, 1.54) is 12.8 Å². The van der Waals surface area contributed by atoms with Crippen LogP contribution in [0.3, 0.4) is 0 Å². The van der Waals surface area contributed by atoms with Crippen LogP contribution in [-0.4, -0.2) is 131 Å². The minimum Gasteiger partial charge on any atom is -0.481 e. The van der Waals surface area contributed by atoms with Gasteiger partial charge < -0.3 is 20.3 Å². The molecule has 0 rings (SSSR count). The van der Waals surface area contributed by atoms with E-state index >= 15 is 0 Å². The fraction of sp³-hybridized carbons (Fsp3) is 0.833. The van der Waals surface area contributed by atoms with Crippen LogP contribution >= 0.6 is 0 Å². The maximum Gasteiger partial charge on any atom is 0.305 e. The average Bonchev–Trinajstić information content (AvgIpc) is 2.58. The summed E-state index contributed by atoms with van der Waals surface area (Å²) in [5.41, 5.74) is 0. The number of ether oxygens (including phenoxy) is 1. The Morgan fingerprint density at radius 3 is 2.07 bits per heavy atom. The molecular weight excluding hydrogens is 386 g/mol. The molecule has 0 unspecified atom stereocenters. The van der Waals surface area contributed by atoms with Crippen molar-refractivity contribution in [3.8, 4) is 0 Å². The summed E-state index contributed by atoms with van der Waals surface area (Å²) in [4.78, 5) is 34.8. The van der Waals surface area contributed by atoms with Gasteiger partial charge in [-0.2, -0.15) is 0 Å². The molecule has 0 heterocycles. The number of carboxylic acids is 2. The molecule has 2 radical (unpaired) electrons. The number of nitrogens with one attached hydrogen (secondary N) is 1. The van der Waals surface area contributed by atoms with E-state index < -0.39 is 11.9 Å². The van der Waals surface area contributed by atoms with Crippen molar-refractivity contribution in [2.75, 3.05) is 39.4 Å². The van der Waals surface area contributed by atoms with Gasteiger partial charge in [0.2, 0.25) is 5.91 Å². The molecule has 0 aliphatic carbocycles. The largest absolute Gasteiger partial charge is 0.481 e. The molecule has 0 aliphatic heterocycles. The molecule has 0 aromatic carbocycles. The van der Waals surface area contributed by atoms with Crippen molar-refractivity contribution in [1.29, 1.82) is 0 Å². The van der Waals surface area contributed by atoms with Crippen LogP contribution in [0.4, 0.5) is 0 Å². The van der Waals surface area contributed by atoms with Crippen molar-refractivity contribution >= 4 is 77.0 Å². The summed E-state index contributed by atoms with van der Waals surface area (Å²) in [5, 5.41) is 20.2. The Bertz CT molecular complexity index is 414. The Labute approximate surface area is 212 Å². The molecule has 10 heteroatoms. The number of nitrogens with zero attached hydrogens (tertiary/aromatic N) is 1. The maximum atomic E-state index is 11.8. The van der Waals surface area contributed by atoms with Crippen LogP contribution in [0.1, 0.15) is 58.3 Å². The molecule has 0 spiro atoms. The average molecular weight is 420 g/mol. The second-order valence-corrected chi connectivity index (χ2v) is 6.26. The van der Waals surface area contributed by atoms with Gasteiger partial charge in [0.1, 0.15) is 0 Å². The van der Waals surface area contributed by atoms with Gasteiger partial charge >= 0.3 is 11.9 Å². The first-order valence-corrected chi connectivity index (χ1v) is 9.46. The molecule has 28 heavy (non-hydrogen) atoms. The SMILES string of the molecule is CCCCCCCC(=O)NCCN(CCOCCC(=O)O)CCC(=O)O.[Na].[Na]. The fourth-order valence-electron chi connectivity index (χ4n) is 2.38. The molecule has 0 bridgehead atoms. The van der Waals surface area contributed by atoms with Gasteiger partial charge in [0.25, 0.3) is 0 Å². The predicted molar refractivity (Wildman–Crippen MR) is 110 cm³/mol. The number of hydrogen-bond acceptors (Lipinski definition) is 5. The predicted octanol–water partition coefficient (Wildman–Crippen LogP) is 0.970. The van der Waals surface area contributed by atoms with E-state index in [0.717, 1.165) is 19.3 Å². The molecule has 0 saturated carbocycles. The molecule has 1 amide bonds. The van der Waals surface area contributed by atoms with E-state index in [1.807, 2.05) is 4.90 Å². The number of aliphatic carboxylic acids is 2. The first-order chi connectivity index (χ1) is 12.5. The van der Waals surface area contributed by atoms with Crippen LogP contribution in [0, 0.1) is 0 Å². The zero-order valence-electron chi connectivity index (χ0n) is 17.9. The molecule has 3 N–H and O–H groups in total. The second-order valence-electron chi connectivity index (χ2n) is 6.26. The van der Waals surface area contributed by atoms with E-state index in [4.69, 9.17) is 14.9 Å². The van der Waals surface area contributed by atoms with E-state index in [1.54, 1.807) is 0 Å². The minimum absolute atomic E-state index is 0. The van der Waals surface area contributed by atoms with Crippen LogP contribution in [0.2, 0.25) is 0 Å². The smallest absolute Gasteiger partial charge is 0.305 e. The fourth-order valence-corrected chi connectivity index (χ4v) is 2.38. The Morgan fingerprint density at radius 1 is 0.821 bits per heavy atom. The number of unbranched alkanes of at least 4 members (excludes halogenated alkanes) is 4. The zero-order valence-corrected chi connectivity index (χ0v) is 21.9. The molecule has 0 atom stereocenters. The molecule has 0 aliphatic rings.